The van der Waals surface area contributed by atoms with E-state index in [0.29, 0.717) is 0 Å². The van der Waals surface area contributed by atoms with Gasteiger partial charge >= 0.3 is 0 Å². The number of aliphatic hydroxyl groups is 1. The van der Waals surface area contributed by atoms with Gasteiger partial charge in [-0.15, -0.1) is 12.4 Å². The second kappa shape index (κ2) is 7.09. The number of carbonyl (C=O) groups excluding carboxylic acids is 3. The number of benzene rings is 2. The van der Waals surface area contributed by atoms with E-state index in [2.05, 4.69) is 0 Å². The molecule has 2 atom stereocenters. The molecule has 0 spiro atoms. The fraction of sp³-hybridized carbons (Fsp3) is 0.286. The van der Waals surface area contributed by atoms with E-state index in [0.717, 1.165) is 0 Å². The molecular weight excluding hydrogens is 414 g/mol. The molecule has 0 bridgehead atoms. The van der Waals surface area contributed by atoms with E-state index >= 15 is 0 Å². The van der Waals surface area contributed by atoms with Crippen molar-refractivity contribution in [2.24, 2.45) is 5.73 Å². The van der Waals surface area contributed by atoms with E-state index in [9.17, 15) is 29.7 Å². The minimum absolute atomic E-state index is 0. The summed E-state index contributed by atoms with van der Waals surface area (Å²) < 4.78 is 5.19. The minimum Gasteiger partial charge on any atom is -0.507 e. The van der Waals surface area contributed by atoms with Crippen LogP contribution in [0, 0.1) is 0 Å². The van der Waals surface area contributed by atoms with Crippen LogP contribution in [0.15, 0.2) is 18.2 Å². The van der Waals surface area contributed by atoms with Gasteiger partial charge in [0.05, 0.1) is 35.4 Å². The Balaban J connectivity index is 0.00000256. The average molecular weight is 434 g/mol. The van der Waals surface area contributed by atoms with Crippen molar-refractivity contribution in [2.45, 2.75) is 31.4 Å². The SMILES string of the molecule is COc1cccc2c1C(=O)c1c(O)c3c(c(O)c1C2=O)C(O)CC(N)(C(C)=O)C3.Cl. The highest BCUT2D eigenvalue weighted by molar-refractivity contribution is 6.31. The summed E-state index contributed by atoms with van der Waals surface area (Å²) in [6, 6.07) is 4.47. The molecular formula is C21H20ClNO7. The molecule has 2 aromatic carbocycles. The summed E-state index contributed by atoms with van der Waals surface area (Å²) in [6.07, 6.45) is -1.77. The fourth-order valence-corrected chi connectivity index (χ4v) is 4.26. The Morgan fingerprint density at radius 1 is 1.13 bits per heavy atom. The summed E-state index contributed by atoms with van der Waals surface area (Å²) in [5, 5.41) is 32.3. The number of nitrogens with two attached hydrogens (primary N) is 1. The zero-order valence-electron chi connectivity index (χ0n) is 16.2. The van der Waals surface area contributed by atoms with Crippen molar-refractivity contribution in [2.75, 3.05) is 7.11 Å². The number of ketones is 3. The normalized spacial score (nSPS) is 21.8. The second-order valence-corrected chi connectivity index (χ2v) is 7.49. The van der Waals surface area contributed by atoms with Crippen LogP contribution < -0.4 is 10.5 Å². The number of carbonyl (C=O) groups is 3. The molecule has 2 aliphatic rings. The predicted octanol–water partition coefficient (Wildman–Crippen LogP) is 1.57. The lowest BCUT2D eigenvalue weighted by Gasteiger charge is -2.37. The van der Waals surface area contributed by atoms with Crippen molar-refractivity contribution < 1.29 is 34.4 Å². The third-order valence-corrected chi connectivity index (χ3v) is 5.85. The van der Waals surface area contributed by atoms with Gasteiger partial charge in [0, 0.05) is 29.5 Å². The van der Waals surface area contributed by atoms with Gasteiger partial charge in [-0.2, -0.15) is 0 Å². The monoisotopic (exact) mass is 433 g/mol. The molecule has 9 heteroatoms. The molecule has 0 saturated carbocycles. The van der Waals surface area contributed by atoms with E-state index in [4.69, 9.17) is 10.5 Å². The molecule has 2 unspecified atom stereocenters. The lowest BCUT2D eigenvalue weighted by Crippen LogP contribution is -2.52. The highest BCUT2D eigenvalue weighted by Gasteiger charge is 2.46. The number of aliphatic hydroxyl groups excluding tert-OH is 1. The largest absolute Gasteiger partial charge is 0.507 e. The van der Waals surface area contributed by atoms with E-state index in [1.807, 2.05) is 0 Å². The van der Waals surface area contributed by atoms with Crippen LogP contribution in [0.3, 0.4) is 0 Å². The van der Waals surface area contributed by atoms with Gasteiger partial charge < -0.3 is 25.8 Å². The number of ether oxygens (including phenoxy) is 1. The Labute approximate surface area is 177 Å². The van der Waals surface area contributed by atoms with Gasteiger partial charge in [0.25, 0.3) is 0 Å². The Kier molecular flexibility index (Phi) is 5.14. The first-order valence-corrected chi connectivity index (χ1v) is 8.97. The maximum Gasteiger partial charge on any atom is 0.202 e. The first kappa shape index (κ1) is 21.8. The molecule has 2 aromatic rings. The summed E-state index contributed by atoms with van der Waals surface area (Å²) in [5.74, 6) is -2.79. The quantitative estimate of drug-likeness (QED) is 0.445. The van der Waals surface area contributed by atoms with Crippen LogP contribution in [0.25, 0.3) is 0 Å². The van der Waals surface area contributed by atoms with Crippen LogP contribution in [0.1, 0.15) is 62.4 Å². The molecule has 2 aliphatic carbocycles. The smallest absolute Gasteiger partial charge is 0.202 e. The Morgan fingerprint density at radius 2 is 1.77 bits per heavy atom. The lowest BCUT2D eigenvalue weighted by atomic mass is 9.71. The van der Waals surface area contributed by atoms with Crippen LogP contribution in [0.2, 0.25) is 0 Å². The lowest BCUT2D eigenvalue weighted by molar-refractivity contribution is -0.123. The molecule has 0 heterocycles. The summed E-state index contributed by atoms with van der Waals surface area (Å²) in [5.41, 5.74) is 3.78. The van der Waals surface area contributed by atoms with Crippen LogP contribution in [0.4, 0.5) is 0 Å². The number of phenolic OH excluding ortho intramolecular Hbond substituents is 2. The Hall–Kier alpha value is -2.94. The maximum absolute atomic E-state index is 13.2. The summed E-state index contributed by atoms with van der Waals surface area (Å²) >= 11 is 0. The molecule has 4 rings (SSSR count). The van der Waals surface area contributed by atoms with Crippen LogP contribution in [-0.2, 0) is 11.2 Å². The van der Waals surface area contributed by atoms with Gasteiger partial charge in [-0.1, -0.05) is 12.1 Å². The number of phenols is 2. The van der Waals surface area contributed by atoms with Gasteiger partial charge in [0.1, 0.15) is 23.0 Å². The molecule has 0 fully saturated rings. The minimum atomic E-state index is -1.47. The third-order valence-electron chi connectivity index (χ3n) is 5.85. The highest BCUT2D eigenvalue weighted by atomic mass is 35.5. The first-order valence-electron chi connectivity index (χ1n) is 8.97. The van der Waals surface area contributed by atoms with Crippen LogP contribution >= 0.6 is 12.4 Å². The van der Waals surface area contributed by atoms with Gasteiger partial charge in [-0.25, -0.2) is 0 Å². The average Bonchev–Trinajstić information content (AvgIpc) is 2.67. The number of halogens is 1. The Morgan fingerprint density at radius 3 is 2.37 bits per heavy atom. The van der Waals surface area contributed by atoms with E-state index in [-0.39, 0.29) is 64.4 Å². The number of rotatable bonds is 2. The number of methoxy groups -OCH3 is 1. The van der Waals surface area contributed by atoms with E-state index in [1.165, 1.54) is 32.2 Å². The number of hydrogen-bond acceptors (Lipinski definition) is 8. The van der Waals surface area contributed by atoms with Crippen LogP contribution in [-0.4, -0.2) is 45.3 Å². The van der Waals surface area contributed by atoms with Crippen molar-refractivity contribution in [1.29, 1.82) is 0 Å². The number of fused-ring (bicyclic) bond motifs is 3. The first-order chi connectivity index (χ1) is 13.6. The predicted molar refractivity (Wildman–Crippen MR) is 108 cm³/mol. The van der Waals surface area contributed by atoms with Gasteiger partial charge in [-0.05, 0) is 13.0 Å². The van der Waals surface area contributed by atoms with Crippen molar-refractivity contribution in [3.8, 4) is 17.2 Å². The number of hydrogen-bond donors (Lipinski definition) is 4. The zero-order valence-corrected chi connectivity index (χ0v) is 17.0. The topological polar surface area (TPSA) is 147 Å². The van der Waals surface area contributed by atoms with Crippen molar-refractivity contribution in [1.82, 2.24) is 0 Å². The molecule has 0 aromatic heterocycles. The maximum atomic E-state index is 13.2. The third kappa shape index (κ3) is 2.72. The van der Waals surface area contributed by atoms with Gasteiger partial charge in [-0.3, -0.25) is 14.4 Å². The van der Waals surface area contributed by atoms with Crippen molar-refractivity contribution in [3.05, 3.63) is 51.6 Å². The fourth-order valence-electron chi connectivity index (χ4n) is 4.26. The molecule has 0 saturated heterocycles. The Bertz CT molecular complexity index is 1130. The zero-order chi connectivity index (χ0) is 21.2. The molecule has 158 valence electrons. The van der Waals surface area contributed by atoms with Crippen LogP contribution in [0.5, 0.6) is 17.2 Å². The highest BCUT2D eigenvalue weighted by Crippen LogP contribution is 2.50. The standard InChI is InChI=1S/C21H19NO7.ClH/c1-8(23)21(22)6-10-13(11(24)7-21)19(27)15-16(18(10)26)20(28)14-9(17(15)25)4-3-5-12(14)29-2;/h3-5,11,24,26-27H,6-7,22H2,1-2H3;1H. The summed E-state index contributed by atoms with van der Waals surface area (Å²) in [6.45, 7) is 1.27. The number of aromatic hydroxyl groups is 2. The van der Waals surface area contributed by atoms with Crippen molar-refractivity contribution in [3.63, 3.8) is 0 Å². The van der Waals surface area contributed by atoms with Gasteiger partial charge in [0.15, 0.2) is 5.78 Å². The molecule has 5 N–H and O–H groups in total. The summed E-state index contributed by atoms with van der Waals surface area (Å²) in [4.78, 5) is 38.3. The molecule has 0 amide bonds. The molecule has 0 radical (unpaired) electrons. The number of Topliss-reactive ketones (excluding diaryl/α,β-unsaturated/α-hetero) is 1. The van der Waals surface area contributed by atoms with Gasteiger partial charge in [0.2, 0.25) is 5.78 Å². The van der Waals surface area contributed by atoms with E-state index in [1.54, 1.807) is 0 Å². The van der Waals surface area contributed by atoms with E-state index < -0.39 is 40.5 Å². The van der Waals surface area contributed by atoms with Crippen molar-refractivity contribution >= 4 is 29.8 Å². The molecule has 8 nitrogen and oxygen atoms in total. The second-order valence-electron chi connectivity index (χ2n) is 7.49. The molecule has 0 aliphatic heterocycles. The summed E-state index contributed by atoms with van der Waals surface area (Å²) in [7, 11) is 1.35. The molecule has 30 heavy (non-hydrogen) atoms.